The molecule has 166 valence electrons. The van der Waals surface area contributed by atoms with Gasteiger partial charge in [0.1, 0.15) is 0 Å². The third-order valence-corrected chi connectivity index (χ3v) is 7.51. The molecule has 2 aromatic rings. The molecular weight excluding hydrogens is 408 g/mol. The predicted octanol–water partition coefficient (Wildman–Crippen LogP) is 4.00. The number of carbonyl (C=O) groups excluding carboxylic acids is 2. The van der Waals surface area contributed by atoms with Crippen molar-refractivity contribution in [3.8, 4) is 0 Å². The van der Waals surface area contributed by atoms with E-state index in [1.807, 2.05) is 24.1 Å². The van der Waals surface area contributed by atoms with Crippen LogP contribution in [0.3, 0.4) is 0 Å². The van der Waals surface area contributed by atoms with Crippen LogP contribution in [0.15, 0.2) is 29.4 Å². The lowest BCUT2D eigenvalue weighted by atomic mass is 9.93. The van der Waals surface area contributed by atoms with Gasteiger partial charge in [-0.05, 0) is 49.6 Å². The zero-order chi connectivity index (χ0) is 22.0. The minimum Gasteiger partial charge on any atom is -0.344 e. The predicted molar refractivity (Wildman–Crippen MR) is 127 cm³/mol. The van der Waals surface area contributed by atoms with E-state index in [1.165, 1.54) is 0 Å². The zero-order valence-corrected chi connectivity index (χ0v) is 19.6. The molecule has 1 unspecified atom stereocenters. The summed E-state index contributed by atoms with van der Waals surface area (Å²) < 4.78 is 1.14. The van der Waals surface area contributed by atoms with Crippen LogP contribution >= 0.6 is 11.3 Å². The van der Waals surface area contributed by atoms with E-state index < -0.39 is 0 Å². The van der Waals surface area contributed by atoms with E-state index in [0.717, 1.165) is 71.4 Å². The third kappa shape index (κ3) is 4.76. The highest BCUT2D eigenvalue weighted by Crippen LogP contribution is 2.35. The summed E-state index contributed by atoms with van der Waals surface area (Å²) in [6, 6.07) is 8.39. The molecule has 0 spiro atoms. The molecule has 6 nitrogen and oxygen atoms in total. The Morgan fingerprint density at radius 3 is 2.74 bits per heavy atom. The van der Waals surface area contributed by atoms with Crippen molar-refractivity contribution in [2.75, 3.05) is 33.7 Å². The van der Waals surface area contributed by atoms with Crippen molar-refractivity contribution in [1.82, 2.24) is 14.8 Å². The highest BCUT2D eigenvalue weighted by molar-refractivity contribution is 7.21. The lowest BCUT2D eigenvalue weighted by Crippen LogP contribution is -2.45. The first kappa shape index (κ1) is 21.8. The summed E-state index contributed by atoms with van der Waals surface area (Å²) in [5, 5.41) is 7.68. The van der Waals surface area contributed by atoms with Gasteiger partial charge >= 0.3 is 0 Å². The average molecular weight is 441 g/mol. The van der Waals surface area contributed by atoms with Crippen molar-refractivity contribution in [3.05, 3.63) is 34.7 Å². The van der Waals surface area contributed by atoms with Crippen molar-refractivity contribution >= 4 is 38.9 Å². The highest BCUT2D eigenvalue weighted by Gasteiger charge is 2.30. The van der Waals surface area contributed by atoms with Crippen molar-refractivity contribution in [3.63, 3.8) is 0 Å². The summed E-state index contributed by atoms with van der Waals surface area (Å²) in [7, 11) is 3.60. The molecule has 2 amide bonds. The number of hydrogen-bond donors (Lipinski definition) is 0. The number of thiophene rings is 1. The lowest BCUT2D eigenvalue weighted by Gasteiger charge is -2.36. The fourth-order valence-electron chi connectivity index (χ4n) is 4.62. The Bertz CT molecular complexity index is 997. The molecule has 3 heterocycles. The van der Waals surface area contributed by atoms with Gasteiger partial charge in [0.25, 0.3) is 5.91 Å². The van der Waals surface area contributed by atoms with Gasteiger partial charge in [-0.1, -0.05) is 18.2 Å². The fourth-order valence-corrected chi connectivity index (χ4v) is 5.87. The summed E-state index contributed by atoms with van der Waals surface area (Å²) in [6.07, 6.45) is 5.41. The molecule has 0 radical (unpaired) electrons. The third-order valence-electron chi connectivity index (χ3n) is 6.31. The van der Waals surface area contributed by atoms with Crippen LogP contribution in [-0.2, 0) is 11.2 Å². The number of carbonyl (C=O) groups is 2. The summed E-state index contributed by atoms with van der Waals surface area (Å²) in [5.41, 5.74) is 2.24. The minimum atomic E-state index is 0.0483. The molecule has 0 saturated carbocycles. The van der Waals surface area contributed by atoms with Crippen molar-refractivity contribution in [1.29, 1.82) is 0 Å². The minimum absolute atomic E-state index is 0.0483. The number of fused-ring (bicyclic) bond motifs is 1. The lowest BCUT2D eigenvalue weighted by molar-refractivity contribution is -0.135. The van der Waals surface area contributed by atoms with Crippen LogP contribution in [0, 0.1) is 0 Å². The molecule has 31 heavy (non-hydrogen) atoms. The number of hydrogen-bond acceptors (Lipinski definition) is 5. The Hall–Kier alpha value is -2.41. The quantitative estimate of drug-likeness (QED) is 0.682. The highest BCUT2D eigenvalue weighted by atomic mass is 32.1. The molecule has 1 fully saturated rings. The van der Waals surface area contributed by atoms with E-state index in [1.54, 1.807) is 30.3 Å². The van der Waals surface area contributed by atoms with Crippen LogP contribution in [0.4, 0.5) is 0 Å². The van der Waals surface area contributed by atoms with Gasteiger partial charge in [-0.3, -0.25) is 14.6 Å². The fraction of sp³-hybridized carbons (Fsp3) is 0.542. The Morgan fingerprint density at radius 1 is 1.19 bits per heavy atom. The second-order valence-electron chi connectivity index (χ2n) is 8.84. The number of nitrogens with zero attached hydrogens (tertiary/aromatic N) is 4. The second kappa shape index (κ2) is 9.39. The summed E-state index contributed by atoms with van der Waals surface area (Å²) in [4.78, 5) is 30.6. The van der Waals surface area contributed by atoms with E-state index in [2.05, 4.69) is 22.1 Å². The maximum Gasteiger partial charge on any atom is 0.263 e. The van der Waals surface area contributed by atoms with E-state index >= 15 is 0 Å². The van der Waals surface area contributed by atoms with Crippen molar-refractivity contribution in [2.24, 2.45) is 5.10 Å². The first-order valence-corrected chi connectivity index (χ1v) is 12.1. The van der Waals surface area contributed by atoms with Crippen molar-refractivity contribution < 1.29 is 9.59 Å². The van der Waals surface area contributed by atoms with Crippen LogP contribution in [0.1, 0.15) is 54.3 Å². The van der Waals surface area contributed by atoms with E-state index in [-0.39, 0.29) is 17.9 Å². The number of likely N-dealkylation sites (tertiary alicyclic amines) is 1. The van der Waals surface area contributed by atoms with Gasteiger partial charge in [0, 0.05) is 63.0 Å². The molecule has 1 aromatic carbocycles. The van der Waals surface area contributed by atoms with Gasteiger partial charge in [0.05, 0.1) is 4.88 Å². The Kier molecular flexibility index (Phi) is 6.60. The van der Waals surface area contributed by atoms with Gasteiger partial charge in [0.2, 0.25) is 5.91 Å². The number of piperidine rings is 1. The largest absolute Gasteiger partial charge is 0.344 e. The Labute approximate surface area is 188 Å². The smallest absolute Gasteiger partial charge is 0.263 e. The summed E-state index contributed by atoms with van der Waals surface area (Å²) in [5.74, 6) is 0.261. The molecule has 2 aliphatic rings. The van der Waals surface area contributed by atoms with E-state index in [4.69, 9.17) is 0 Å². The summed E-state index contributed by atoms with van der Waals surface area (Å²) >= 11 is 1.57. The van der Waals surface area contributed by atoms with Gasteiger partial charge in [-0.25, -0.2) is 0 Å². The van der Waals surface area contributed by atoms with E-state index in [0.29, 0.717) is 13.0 Å². The zero-order valence-electron chi connectivity index (χ0n) is 18.8. The molecule has 0 bridgehead atoms. The first-order chi connectivity index (χ1) is 14.9. The molecule has 1 aromatic heterocycles. The maximum absolute atomic E-state index is 13.1. The van der Waals surface area contributed by atoms with Crippen molar-refractivity contribution in [2.45, 2.75) is 51.5 Å². The molecular formula is C24H32N4O2S. The normalized spacial score (nSPS) is 19.1. The monoisotopic (exact) mass is 440 g/mol. The van der Waals surface area contributed by atoms with Crippen LogP contribution in [-0.4, -0.2) is 72.1 Å². The SMILES string of the molecule is CC1=NN(CCC(=O)N2CCCCC2Cc2c(C(=O)N(C)C)sc3ccccc23)CC1. The molecule has 0 N–H and O–H groups in total. The molecule has 4 rings (SSSR count). The Morgan fingerprint density at radius 2 is 2.00 bits per heavy atom. The van der Waals surface area contributed by atoms with Crippen LogP contribution in [0.5, 0.6) is 0 Å². The van der Waals surface area contributed by atoms with Crippen LogP contribution in [0.2, 0.25) is 0 Å². The second-order valence-corrected chi connectivity index (χ2v) is 9.89. The number of benzene rings is 1. The topological polar surface area (TPSA) is 56.2 Å². The van der Waals surface area contributed by atoms with Crippen LogP contribution in [0.25, 0.3) is 10.1 Å². The number of hydrazone groups is 1. The van der Waals surface area contributed by atoms with Gasteiger partial charge in [0.15, 0.2) is 0 Å². The molecule has 7 heteroatoms. The number of rotatable bonds is 6. The Balaban J connectivity index is 1.54. The molecule has 1 atom stereocenters. The van der Waals surface area contributed by atoms with E-state index in [9.17, 15) is 9.59 Å². The maximum atomic E-state index is 13.1. The first-order valence-electron chi connectivity index (χ1n) is 11.2. The molecule has 0 aliphatic carbocycles. The average Bonchev–Trinajstić information content (AvgIpc) is 3.35. The van der Waals surface area contributed by atoms with Gasteiger partial charge in [-0.2, -0.15) is 5.10 Å². The molecule has 1 saturated heterocycles. The van der Waals surface area contributed by atoms with Crippen LogP contribution < -0.4 is 0 Å². The standard InChI is InChI=1S/C24H32N4O2S/c1-17-11-14-27(25-17)15-12-22(29)28-13-7-6-8-18(28)16-20-19-9-4-5-10-21(19)31-23(20)24(30)26(2)3/h4-5,9-10,18H,6-8,11-16H2,1-3H3. The number of amides is 2. The van der Waals surface area contributed by atoms with Gasteiger partial charge < -0.3 is 9.80 Å². The van der Waals surface area contributed by atoms with Gasteiger partial charge in [-0.15, -0.1) is 11.3 Å². The molecule has 2 aliphatic heterocycles. The summed E-state index contributed by atoms with van der Waals surface area (Å²) in [6.45, 7) is 4.45.